The van der Waals surface area contributed by atoms with Crippen molar-refractivity contribution in [2.24, 2.45) is 11.3 Å². The first-order valence-corrected chi connectivity index (χ1v) is 8.62. The summed E-state index contributed by atoms with van der Waals surface area (Å²) in [6.07, 6.45) is 2.25. The highest BCUT2D eigenvalue weighted by atomic mass is 32.1. The Morgan fingerprint density at radius 3 is 3.10 bits per heavy atom. The second-order valence-electron chi connectivity index (χ2n) is 6.90. The Kier molecular flexibility index (Phi) is 3.97. The van der Waals surface area contributed by atoms with E-state index in [1.54, 1.807) is 11.3 Å². The predicted octanol–water partition coefficient (Wildman–Crippen LogP) is 2.79. The van der Waals surface area contributed by atoms with Gasteiger partial charge in [-0.25, -0.2) is 4.79 Å². The zero-order chi connectivity index (χ0) is 15.0. The first-order chi connectivity index (χ1) is 9.98. The fraction of sp³-hybridized carbons (Fsp3) is 0.688. The van der Waals surface area contributed by atoms with Gasteiger partial charge in [0.2, 0.25) is 0 Å². The van der Waals surface area contributed by atoms with Gasteiger partial charge in [-0.15, -0.1) is 0 Å². The molecule has 2 fully saturated rings. The van der Waals surface area contributed by atoms with Gasteiger partial charge in [-0.2, -0.15) is 11.3 Å². The fourth-order valence-corrected chi connectivity index (χ4v) is 4.52. The van der Waals surface area contributed by atoms with E-state index >= 15 is 0 Å². The van der Waals surface area contributed by atoms with Crippen molar-refractivity contribution < 1.29 is 9.53 Å². The van der Waals surface area contributed by atoms with Gasteiger partial charge in [-0.3, -0.25) is 0 Å². The van der Waals surface area contributed by atoms with E-state index in [0.29, 0.717) is 12.0 Å². The lowest BCUT2D eigenvalue weighted by Gasteiger charge is -2.54. The number of thiophene rings is 1. The number of rotatable bonds is 4. The third kappa shape index (κ3) is 2.81. The van der Waals surface area contributed by atoms with Crippen LogP contribution in [0.2, 0.25) is 0 Å². The summed E-state index contributed by atoms with van der Waals surface area (Å²) in [5.74, 6) is 0.484. The molecule has 2 aliphatic rings. The maximum absolute atomic E-state index is 12.2. The van der Waals surface area contributed by atoms with E-state index in [1.165, 1.54) is 5.56 Å². The van der Waals surface area contributed by atoms with Crippen molar-refractivity contribution in [2.75, 3.05) is 6.61 Å². The molecule has 0 spiro atoms. The molecule has 5 heteroatoms. The molecule has 1 saturated carbocycles. The average molecular weight is 308 g/mol. The van der Waals surface area contributed by atoms with Crippen LogP contribution in [0.15, 0.2) is 16.8 Å². The summed E-state index contributed by atoms with van der Waals surface area (Å²) >= 11 is 1.69. The normalized spacial score (nSPS) is 31.1. The molecule has 116 valence electrons. The molecule has 0 bridgehead atoms. The van der Waals surface area contributed by atoms with Crippen LogP contribution in [0.5, 0.6) is 0 Å². The van der Waals surface area contributed by atoms with Crippen LogP contribution in [-0.4, -0.2) is 30.8 Å². The van der Waals surface area contributed by atoms with E-state index in [-0.39, 0.29) is 23.5 Å². The Labute approximate surface area is 130 Å². The summed E-state index contributed by atoms with van der Waals surface area (Å²) in [5, 5.41) is 10.4. The maximum atomic E-state index is 12.2. The van der Waals surface area contributed by atoms with Crippen LogP contribution in [0.25, 0.3) is 0 Å². The standard InChI is InChI=1S/C16H24N2O2S/c1-10(8-11-5-7-21-9-11)17-15(19)18-13-12-4-6-20-14(12)16(13,2)3/h5,7,9-10,12-14H,4,6,8H2,1-3H3,(H2,17,18,19)/t10-,12+,13-,14+/m1/s1. The van der Waals surface area contributed by atoms with Gasteiger partial charge in [0.25, 0.3) is 0 Å². The van der Waals surface area contributed by atoms with Crippen molar-refractivity contribution in [1.29, 1.82) is 0 Å². The first-order valence-electron chi connectivity index (χ1n) is 7.68. The molecule has 0 unspecified atom stereocenters. The molecule has 3 rings (SSSR count). The van der Waals surface area contributed by atoms with Crippen molar-refractivity contribution in [1.82, 2.24) is 10.6 Å². The molecule has 0 aromatic carbocycles. The zero-order valence-electron chi connectivity index (χ0n) is 12.9. The van der Waals surface area contributed by atoms with Gasteiger partial charge in [-0.1, -0.05) is 13.8 Å². The van der Waals surface area contributed by atoms with Gasteiger partial charge < -0.3 is 15.4 Å². The lowest BCUT2D eigenvalue weighted by atomic mass is 9.57. The highest BCUT2D eigenvalue weighted by Gasteiger charge is 2.59. The van der Waals surface area contributed by atoms with E-state index in [9.17, 15) is 4.79 Å². The number of hydrogen-bond acceptors (Lipinski definition) is 3. The molecule has 21 heavy (non-hydrogen) atoms. The van der Waals surface area contributed by atoms with E-state index in [2.05, 4.69) is 41.3 Å². The Balaban J connectivity index is 1.50. The highest BCUT2D eigenvalue weighted by Crippen LogP contribution is 2.52. The molecule has 2 N–H and O–H groups in total. The average Bonchev–Trinajstić information content (AvgIpc) is 3.05. The van der Waals surface area contributed by atoms with E-state index in [1.807, 2.05) is 6.92 Å². The molecule has 4 nitrogen and oxygen atoms in total. The summed E-state index contributed by atoms with van der Waals surface area (Å²) in [4.78, 5) is 12.2. The van der Waals surface area contributed by atoms with Crippen LogP contribution in [0, 0.1) is 11.3 Å². The topological polar surface area (TPSA) is 50.4 Å². The van der Waals surface area contributed by atoms with Crippen LogP contribution < -0.4 is 10.6 Å². The van der Waals surface area contributed by atoms with E-state index in [4.69, 9.17) is 4.74 Å². The van der Waals surface area contributed by atoms with Crippen molar-refractivity contribution in [2.45, 2.75) is 51.8 Å². The molecular formula is C16H24N2O2S. The number of nitrogens with one attached hydrogen (secondary N) is 2. The largest absolute Gasteiger partial charge is 0.377 e. The Hall–Kier alpha value is -1.07. The van der Waals surface area contributed by atoms with Crippen molar-refractivity contribution in [3.05, 3.63) is 22.4 Å². The molecule has 0 radical (unpaired) electrons. The molecule has 1 saturated heterocycles. The minimum Gasteiger partial charge on any atom is -0.377 e. The van der Waals surface area contributed by atoms with Crippen LogP contribution >= 0.6 is 11.3 Å². The maximum Gasteiger partial charge on any atom is 0.315 e. The molecule has 1 aromatic rings. The van der Waals surface area contributed by atoms with E-state index in [0.717, 1.165) is 19.4 Å². The number of carbonyl (C=O) groups excluding carboxylic acids is 1. The third-order valence-electron chi connectivity index (χ3n) is 4.89. The van der Waals surface area contributed by atoms with E-state index < -0.39 is 0 Å². The molecule has 2 amide bonds. The second kappa shape index (κ2) is 5.61. The zero-order valence-corrected chi connectivity index (χ0v) is 13.7. The SMILES string of the molecule is C[C@H](Cc1ccsc1)NC(=O)N[C@@H]1[C@@H]2CCO[C@@H]2C1(C)C. The Morgan fingerprint density at radius 1 is 1.57 bits per heavy atom. The minimum absolute atomic E-state index is 0.0368. The monoisotopic (exact) mass is 308 g/mol. The Bertz CT molecular complexity index is 500. The molecule has 1 aliphatic carbocycles. The smallest absolute Gasteiger partial charge is 0.315 e. The molecule has 1 aliphatic heterocycles. The number of urea groups is 1. The predicted molar refractivity (Wildman–Crippen MR) is 84.6 cm³/mol. The van der Waals surface area contributed by atoms with Crippen molar-refractivity contribution in [3.8, 4) is 0 Å². The quantitative estimate of drug-likeness (QED) is 0.898. The Morgan fingerprint density at radius 2 is 2.38 bits per heavy atom. The number of ether oxygens (including phenoxy) is 1. The van der Waals surface area contributed by atoms with Crippen molar-refractivity contribution in [3.63, 3.8) is 0 Å². The molecule has 1 aromatic heterocycles. The summed E-state index contributed by atoms with van der Waals surface area (Å²) in [6, 6.07) is 2.41. The van der Waals surface area contributed by atoms with Gasteiger partial charge in [0.15, 0.2) is 0 Å². The lowest BCUT2D eigenvalue weighted by molar-refractivity contribution is -0.108. The summed E-state index contributed by atoms with van der Waals surface area (Å²) < 4.78 is 5.76. The van der Waals surface area contributed by atoms with Gasteiger partial charge in [-0.05, 0) is 42.2 Å². The summed E-state index contributed by atoms with van der Waals surface area (Å²) in [5.41, 5.74) is 1.32. The van der Waals surface area contributed by atoms with Crippen LogP contribution in [0.4, 0.5) is 4.79 Å². The van der Waals surface area contributed by atoms with Gasteiger partial charge in [0.05, 0.1) is 6.10 Å². The summed E-state index contributed by atoms with van der Waals surface area (Å²) in [6.45, 7) is 7.23. The van der Waals surface area contributed by atoms with Gasteiger partial charge in [0, 0.05) is 30.0 Å². The molecular weight excluding hydrogens is 284 g/mol. The van der Waals surface area contributed by atoms with Crippen LogP contribution in [-0.2, 0) is 11.2 Å². The number of carbonyl (C=O) groups is 1. The lowest BCUT2D eigenvalue weighted by Crippen LogP contribution is -2.68. The summed E-state index contributed by atoms with van der Waals surface area (Å²) in [7, 11) is 0. The number of hydrogen-bond donors (Lipinski definition) is 2. The van der Waals surface area contributed by atoms with Crippen LogP contribution in [0.3, 0.4) is 0 Å². The van der Waals surface area contributed by atoms with Crippen molar-refractivity contribution >= 4 is 17.4 Å². The fourth-order valence-electron chi connectivity index (χ4n) is 3.84. The van der Waals surface area contributed by atoms with Crippen LogP contribution in [0.1, 0.15) is 32.8 Å². The molecule has 4 atom stereocenters. The minimum atomic E-state index is -0.0545. The number of fused-ring (bicyclic) bond motifs is 1. The molecule has 2 heterocycles. The van der Waals surface area contributed by atoms with Gasteiger partial charge >= 0.3 is 6.03 Å². The second-order valence-corrected chi connectivity index (χ2v) is 7.68. The number of amides is 2. The highest BCUT2D eigenvalue weighted by molar-refractivity contribution is 7.07. The van der Waals surface area contributed by atoms with Gasteiger partial charge in [0.1, 0.15) is 0 Å². The third-order valence-corrected chi connectivity index (χ3v) is 5.62. The first kappa shape index (κ1) is 14.9.